The Hall–Kier alpha value is -2.28. The summed E-state index contributed by atoms with van der Waals surface area (Å²) in [6.45, 7) is 4.17. The largest absolute Gasteiger partial charge is 0.376 e. The fourth-order valence-corrected chi connectivity index (χ4v) is 3.10. The highest BCUT2D eigenvalue weighted by Gasteiger charge is 2.22. The fourth-order valence-electron chi connectivity index (χ4n) is 3.10. The number of halogens is 1. The number of nitrogens with zero attached hydrogens (tertiary/aromatic N) is 3. The number of aryl methyl sites for hydroxylation is 1. The van der Waals surface area contributed by atoms with Gasteiger partial charge in [-0.2, -0.15) is 4.98 Å². The Morgan fingerprint density at radius 3 is 2.96 bits per heavy atom. The van der Waals surface area contributed by atoms with Crippen molar-refractivity contribution in [3.63, 3.8) is 0 Å². The second-order valence-electron chi connectivity index (χ2n) is 6.47. The summed E-state index contributed by atoms with van der Waals surface area (Å²) in [5, 5.41) is 3.82. The lowest BCUT2D eigenvalue weighted by atomic mass is 10.2. The molecule has 1 aromatic carbocycles. The van der Waals surface area contributed by atoms with E-state index in [9.17, 15) is 9.18 Å². The van der Waals surface area contributed by atoms with Crippen LogP contribution in [0.3, 0.4) is 0 Å². The van der Waals surface area contributed by atoms with Gasteiger partial charge in [-0.3, -0.25) is 4.79 Å². The molecule has 0 aliphatic carbocycles. The number of amides is 1. The minimum Gasteiger partial charge on any atom is -0.376 e. The molecule has 1 amide bonds. The molecule has 1 aliphatic heterocycles. The van der Waals surface area contributed by atoms with Crippen LogP contribution in [-0.4, -0.2) is 46.7 Å². The van der Waals surface area contributed by atoms with Crippen LogP contribution in [0.4, 0.5) is 4.39 Å². The number of hydrogen-bond acceptors (Lipinski definition) is 5. The molecule has 0 radical (unpaired) electrons. The molecule has 1 aromatic heterocycles. The molecule has 0 bridgehead atoms. The summed E-state index contributed by atoms with van der Waals surface area (Å²) in [4.78, 5) is 18.6. The maximum Gasteiger partial charge on any atom is 0.227 e. The normalized spacial score (nSPS) is 16.8. The van der Waals surface area contributed by atoms with Crippen molar-refractivity contribution >= 4 is 5.91 Å². The third-order valence-electron chi connectivity index (χ3n) is 4.43. The van der Waals surface area contributed by atoms with Crippen LogP contribution >= 0.6 is 0 Å². The van der Waals surface area contributed by atoms with Crippen LogP contribution in [0.5, 0.6) is 0 Å². The Morgan fingerprint density at radius 2 is 2.23 bits per heavy atom. The van der Waals surface area contributed by atoms with E-state index >= 15 is 0 Å². The van der Waals surface area contributed by atoms with E-state index in [0.717, 1.165) is 25.9 Å². The van der Waals surface area contributed by atoms with E-state index in [2.05, 4.69) is 17.1 Å². The van der Waals surface area contributed by atoms with E-state index in [4.69, 9.17) is 9.26 Å². The van der Waals surface area contributed by atoms with Crippen LogP contribution in [0.15, 0.2) is 28.8 Å². The zero-order valence-electron chi connectivity index (χ0n) is 15.0. The summed E-state index contributed by atoms with van der Waals surface area (Å²) in [5.74, 6) is 0.190. The summed E-state index contributed by atoms with van der Waals surface area (Å²) in [6, 6.07) is 6.27. The molecule has 2 aromatic rings. The maximum atomic E-state index is 13.8. The fraction of sp³-hybridized carbons (Fsp3) is 0.526. The summed E-state index contributed by atoms with van der Waals surface area (Å²) in [5.41, 5.74) is 0.291. The highest BCUT2D eigenvalue weighted by Crippen LogP contribution is 2.20. The summed E-state index contributed by atoms with van der Waals surface area (Å²) in [6.07, 6.45) is 3.72. The van der Waals surface area contributed by atoms with Crippen molar-refractivity contribution in [1.29, 1.82) is 0 Å². The zero-order chi connectivity index (χ0) is 18.4. The number of rotatable bonds is 8. The number of hydrogen-bond donors (Lipinski definition) is 0. The van der Waals surface area contributed by atoms with Crippen LogP contribution in [0.2, 0.25) is 0 Å². The zero-order valence-corrected chi connectivity index (χ0v) is 15.0. The van der Waals surface area contributed by atoms with Gasteiger partial charge in [0.2, 0.25) is 17.6 Å². The highest BCUT2D eigenvalue weighted by molar-refractivity contribution is 5.76. The van der Waals surface area contributed by atoms with Gasteiger partial charge in [-0.15, -0.1) is 0 Å². The molecule has 1 atom stereocenters. The van der Waals surface area contributed by atoms with Gasteiger partial charge in [-0.25, -0.2) is 4.39 Å². The lowest BCUT2D eigenvalue weighted by Gasteiger charge is -2.24. The SMILES string of the molecule is CCCN(C[C@H]1CCCO1)C(=O)CCc1nc(-c2ccccc2F)no1. The molecule has 0 spiro atoms. The van der Waals surface area contributed by atoms with E-state index in [1.165, 1.54) is 6.07 Å². The van der Waals surface area contributed by atoms with Gasteiger partial charge in [0.15, 0.2) is 0 Å². The molecule has 0 N–H and O–H groups in total. The molecular formula is C19H24FN3O3. The van der Waals surface area contributed by atoms with Crippen molar-refractivity contribution in [2.24, 2.45) is 0 Å². The molecule has 0 unspecified atom stereocenters. The molecule has 1 saturated heterocycles. The van der Waals surface area contributed by atoms with Gasteiger partial charge in [0, 0.05) is 32.5 Å². The third-order valence-corrected chi connectivity index (χ3v) is 4.43. The van der Waals surface area contributed by atoms with Gasteiger partial charge in [0.05, 0.1) is 11.7 Å². The van der Waals surface area contributed by atoms with Crippen molar-refractivity contribution in [3.05, 3.63) is 36.0 Å². The predicted molar refractivity (Wildman–Crippen MR) is 93.9 cm³/mol. The smallest absolute Gasteiger partial charge is 0.227 e. The second kappa shape index (κ2) is 8.89. The molecule has 2 heterocycles. The topological polar surface area (TPSA) is 68.5 Å². The first kappa shape index (κ1) is 18.5. The number of benzene rings is 1. The molecule has 0 saturated carbocycles. The first-order chi connectivity index (χ1) is 12.7. The standard InChI is InChI=1S/C19H24FN3O3/c1-2-11-23(13-14-6-5-12-25-14)18(24)10-9-17-21-19(22-26-17)15-7-3-4-8-16(15)20/h3-4,7-8,14H,2,5-6,9-13H2,1H3/t14-/m1/s1. The minimum absolute atomic E-state index is 0.0491. The summed E-state index contributed by atoms with van der Waals surface area (Å²) < 4.78 is 24.6. The van der Waals surface area contributed by atoms with Crippen LogP contribution in [0, 0.1) is 5.82 Å². The van der Waals surface area contributed by atoms with Gasteiger partial charge in [0.25, 0.3) is 0 Å². The predicted octanol–water partition coefficient (Wildman–Crippen LogP) is 3.23. The molecule has 3 rings (SSSR count). The number of ether oxygens (including phenoxy) is 1. The van der Waals surface area contributed by atoms with Crippen LogP contribution in [0.1, 0.15) is 38.5 Å². The summed E-state index contributed by atoms with van der Waals surface area (Å²) >= 11 is 0. The summed E-state index contributed by atoms with van der Waals surface area (Å²) in [7, 11) is 0. The van der Waals surface area contributed by atoms with Gasteiger partial charge >= 0.3 is 0 Å². The van der Waals surface area contributed by atoms with E-state index < -0.39 is 5.82 Å². The van der Waals surface area contributed by atoms with Crippen LogP contribution in [-0.2, 0) is 16.0 Å². The Kier molecular flexibility index (Phi) is 6.33. The van der Waals surface area contributed by atoms with Crippen molar-refractivity contribution < 1.29 is 18.4 Å². The van der Waals surface area contributed by atoms with Gasteiger partial charge in [0.1, 0.15) is 5.82 Å². The first-order valence-corrected chi connectivity index (χ1v) is 9.14. The van der Waals surface area contributed by atoms with E-state index in [1.54, 1.807) is 18.2 Å². The van der Waals surface area contributed by atoms with Crippen LogP contribution < -0.4 is 0 Å². The van der Waals surface area contributed by atoms with E-state index in [1.807, 2.05) is 4.90 Å². The quantitative estimate of drug-likeness (QED) is 0.722. The van der Waals surface area contributed by atoms with E-state index in [0.29, 0.717) is 31.0 Å². The minimum atomic E-state index is -0.401. The molecule has 1 aliphatic rings. The molecular weight excluding hydrogens is 337 g/mol. The van der Waals surface area contributed by atoms with Crippen molar-refractivity contribution in [3.8, 4) is 11.4 Å². The van der Waals surface area contributed by atoms with Gasteiger partial charge in [-0.05, 0) is 31.4 Å². The molecule has 26 heavy (non-hydrogen) atoms. The van der Waals surface area contributed by atoms with Gasteiger partial charge < -0.3 is 14.2 Å². The first-order valence-electron chi connectivity index (χ1n) is 9.14. The maximum absolute atomic E-state index is 13.8. The number of carbonyl (C=O) groups is 1. The van der Waals surface area contributed by atoms with Crippen molar-refractivity contribution in [2.75, 3.05) is 19.7 Å². The Balaban J connectivity index is 1.57. The lowest BCUT2D eigenvalue weighted by molar-refractivity contribution is -0.132. The van der Waals surface area contributed by atoms with Crippen LogP contribution in [0.25, 0.3) is 11.4 Å². The second-order valence-corrected chi connectivity index (χ2v) is 6.47. The average Bonchev–Trinajstić information content (AvgIpc) is 3.31. The average molecular weight is 361 g/mol. The van der Waals surface area contributed by atoms with Gasteiger partial charge in [-0.1, -0.05) is 24.2 Å². The Morgan fingerprint density at radius 1 is 1.38 bits per heavy atom. The Labute approximate surface area is 152 Å². The number of aromatic nitrogens is 2. The van der Waals surface area contributed by atoms with Crippen molar-refractivity contribution in [2.45, 2.75) is 45.1 Å². The molecule has 140 valence electrons. The van der Waals surface area contributed by atoms with Crippen molar-refractivity contribution in [1.82, 2.24) is 15.0 Å². The third kappa shape index (κ3) is 4.66. The molecule has 7 heteroatoms. The Bertz CT molecular complexity index is 728. The molecule has 1 fully saturated rings. The highest BCUT2D eigenvalue weighted by atomic mass is 19.1. The monoisotopic (exact) mass is 361 g/mol. The molecule has 6 nitrogen and oxygen atoms in total. The lowest BCUT2D eigenvalue weighted by Crippen LogP contribution is -2.38. The number of carbonyl (C=O) groups excluding carboxylic acids is 1. The van der Waals surface area contributed by atoms with E-state index in [-0.39, 0.29) is 24.3 Å².